The molecule has 5 nitrogen and oxygen atoms in total. The Morgan fingerprint density at radius 2 is 1.96 bits per heavy atom. The number of thioether (sulfide) groups is 1. The van der Waals surface area contributed by atoms with Gasteiger partial charge in [0.1, 0.15) is 5.75 Å². The van der Waals surface area contributed by atoms with E-state index in [4.69, 9.17) is 14.5 Å². The van der Waals surface area contributed by atoms with Gasteiger partial charge in [-0.15, -0.1) is 0 Å². The first kappa shape index (κ1) is 19.5. The van der Waals surface area contributed by atoms with Crippen LogP contribution in [0.3, 0.4) is 0 Å². The summed E-state index contributed by atoms with van der Waals surface area (Å²) in [6, 6.07) is 15.5. The summed E-state index contributed by atoms with van der Waals surface area (Å²) in [5, 5.41) is 1.37. The van der Waals surface area contributed by atoms with Gasteiger partial charge in [0, 0.05) is 26.0 Å². The molecule has 0 atom stereocenters. The molecule has 27 heavy (non-hydrogen) atoms. The molecule has 0 spiro atoms. The summed E-state index contributed by atoms with van der Waals surface area (Å²) in [4.78, 5) is 17.6. The molecule has 0 aliphatic heterocycles. The maximum atomic E-state index is 12.9. The zero-order chi connectivity index (χ0) is 19.1. The molecule has 0 aliphatic carbocycles. The van der Waals surface area contributed by atoms with Crippen LogP contribution < -0.4 is 10.3 Å². The second kappa shape index (κ2) is 9.58. The van der Waals surface area contributed by atoms with Gasteiger partial charge in [-0.2, -0.15) is 0 Å². The molecule has 0 N–H and O–H groups in total. The Hall–Kier alpha value is -2.31. The summed E-state index contributed by atoms with van der Waals surface area (Å²) in [5.74, 6) is 1.57. The molecular weight excluding hydrogens is 360 g/mol. The molecule has 0 unspecified atom stereocenters. The number of benzene rings is 2. The van der Waals surface area contributed by atoms with E-state index in [1.54, 1.807) is 23.4 Å². The summed E-state index contributed by atoms with van der Waals surface area (Å²) < 4.78 is 12.7. The number of hydrogen-bond donors (Lipinski definition) is 0. The molecule has 0 aliphatic rings. The van der Waals surface area contributed by atoms with Crippen molar-refractivity contribution in [3.8, 4) is 5.75 Å². The molecule has 0 amide bonds. The second-order valence-corrected chi connectivity index (χ2v) is 7.29. The first-order chi connectivity index (χ1) is 13.2. The van der Waals surface area contributed by atoms with Gasteiger partial charge in [0.25, 0.3) is 5.56 Å². The van der Waals surface area contributed by atoms with E-state index in [-0.39, 0.29) is 5.56 Å². The zero-order valence-electron chi connectivity index (χ0n) is 15.7. The maximum absolute atomic E-state index is 12.9. The monoisotopic (exact) mass is 384 g/mol. The number of para-hydroxylation sites is 1. The lowest BCUT2D eigenvalue weighted by molar-refractivity contribution is 0.189. The lowest BCUT2D eigenvalue weighted by Crippen LogP contribution is -2.24. The number of methoxy groups -OCH3 is 1. The van der Waals surface area contributed by atoms with Crippen LogP contribution in [0.25, 0.3) is 10.9 Å². The normalized spacial score (nSPS) is 11.0. The first-order valence-electron chi connectivity index (χ1n) is 9.00. The van der Waals surface area contributed by atoms with Gasteiger partial charge in [-0.05, 0) is 43.2 Å². The van der Waals surface area contributed by atoms with E-state index in [2.05, 4.69) is 0 Å². The fraction of sp³-hybridized carbons (Fsp3) is 0.333. The molecule has 0 radical (unpaired) electrons. The molecule has 0 saturated heterocycles. The minimum absolute atomic E-state index is 0.00111. The van der Waals surface area contributed by atoms with Gasteiger partial charge >= 0.3 is 0 Å². The molecule has 0 fully saturated rings. The Bertz CT molecular complexity index is 956. The Kier molecular flexibility index (Phi) is 6.90. The van der Waals surface area contributed by atoms with Crippen LogP contribution in [0, 0.1) is 6.92 Å². The van der Waals surface area contributed by atoms with E-state index in [9.17, 15) is 4.79 Å². The standard InChI is InChI=1S/C21H24N2O3S/c1-16-7-5-8-17(15-16)26-13-14-27-21-22-19-10-4-3-9-18(19)20(24)23(21)11-6-12-25-2/h3-5,7-10,15H,6,11-14H2,1-2H3. The van der Waals surface area contributed by atoms with Gasteiger partial charge < -0.3 is 9.47 Å². The molecule has 142 valence electrons. The van der Waals surface area contributed by atoms with Crippen molar-refractivity contribution >= 4 is 22.7 Å². The SMILES string of the molecule is COCCCn1c(SCCOc2cccc(C)c2)nc2ccccc2c1=O. The van der Waals surface area contributed by atoms with Gasteiger partial charge in [0.15, 0.2) is 5.16 Å². The first-order valence-corrected chi connectivity index (χ1v) is 9.98. The molecular formula is C21H24N2O3S. The van der Waals surface area contributed by atoms with E-state index in [1.807, 2.05) is 55.5 Å². The summed E-state index contributed by atoms with van der Waals surface area (Å²) in [5.41, 5.74) is 1.90. The molecule has 1 heterocycles. The van der Waals surface area contributed by atoms with Crippen LogP contribution in [0.15, 0.2) is 58.5 Å². The molecule has 1 aromatic heterocycles. The molecule has 0 saturated carbocycles. The summed E-state index contributed by atoms with van der Waals surface area (Å²) in [6.45, 7) is 3.79. The summed E-state index contributed by atoms with van der Waals surface area (Å²) >= 11 is 1.54. The second-order valence-electron chi connectivity index (χ2n) is 6.23. The summed E-state index contributed by atoms with van der Waals surface area (Å²) in [7, 11) is 1.67. The fourth-order valence-electron chi connectivity index (χ4n) is 2.82. The molecule has 3 aromatic rings. The van der Waals surface area contributed by atoms with Crippen molar-refractivity contribution in [1.29, 1.82) is 0 Å². The van der Waals surface area contributed by atoms with Crippen molar-refractivity contribution in [3.05, 3.63) is 64.4 Å². The highest BCUT2D eigenvalue weighted by Gasteiger charge is 2.11. The van der Waals surface area contributed by atoms with Crippen LogP contribution in [0.5, 0.6) is 5.75 Å². The highest BCUT2D eigenvalue weighted by atomic mass is 32.2. The van der Waals surface area contributed by atoms with Crippen LogP contribution in [0.1, 0.15) is 12.0 Å². The lowest BCUT2D eigenvalue weighted by atomic mass is 10.2. The van der Waals surface area contributed by atoms with Crippen LogP contribution in [-0.4, -0.2) is 35.6 Å². The van der Waals surface area contributed by atoms with Crippen molar-refractivity contribution in [3.63, 3.8) is 0 Å². The van der Waals surface area contributed by atoms with Gasteiger partial charge in [-0.1, -0.05) is 36.0 Å². The number of hydrogen-bond acceptors (Lipinski definition) is 5. The lowest BCUT2D eigenvalue weighted by Gasteiger charge is -2.13. The van der Waals surface area contributed by atoms with E-state index >= 15 is 0 Å². The fourth-order valence-corrected chi connectivity index (χ4v) is 3.66. The number of aryl methyl sites for hydroxylation is 1. The molecule has 3 rings (SSSR count). The number of rotatable bonds is 9. The molecule has 6 heteroatoms. The topological polar surface area (TPSA) is 53.4 Å². The van der Waals surface area contributed by atoms with Crippen LogP contribution >= 0.6 is 11.8 Å². The smallest absolute Gasteiger partial charge is 0.262 e. The average molecular weight is 385 g/mol. The Morgan fingerprint density at radius 1 is 1.11 bits per heavy atom. The van der Waals surface area contributed by atoms with Crippen LogP contribution in [0.4, 0.5) is 0 Å². The largest absolute Gasteiger partial charge is 0.493 e. The number of fused-ring (bicyclic) bond motifs is 1. The minimum atomic E-state index is -0.00111. The third-order valence-corrected chi connectivity index (χ3v) is 5.07. The Morgan fingerprint density at radius 3 is 2.78 bits per heavy atom. The van der Waals surface area contributed by atoms with Gasteiger partial charge in [0.2, 0.25) is 0 Å². The highest BCUT2D eigenvalue weighted by molar-refractivity contribution is 7.99. The van der Waals surface area contributed by atoms with Crippen LogP contribution in [-0.2, 0) is 11.3 Å². The van der Waals surface area contributed by atoms with E-state index < -0.39 is 0 Å². The van der Waals surface area contributed by atoms with Crippen molar-refractivity contribution in [2.45, 2.75) is 25.0 Å². The van der Waals surface area contributed by atoms with Crippen LogP contribution in [0.2, 0.25) is 0 Å². The molecule has 2 aromatic carbocycles. The number of aromatic nitrogens is 2. The van der Waals surface area contributed by atoms with E-state index in [0.717, 1.165) is 22.8 Å². The Balaban J connectivity index is 1.73. The minimum Gasteiger partial charge on any atom is -0.493 e. The summed E-state index contributed by atoms with van der Waals surface area (Å²) in [6.07, 6.45) is 0.768. The quantitative estimate of drug-likeness (QED) is 0.318. The van der Waals surface area contributed by atoms with Gasteiger partial charge in [-0.25, -0.2) is 4.98 Å². The average Bonchev–Trinajstić information content (AvgIpc) is 2.67. The third kappa shape index (κ3) is 5.11. The number of ether oxygens (including phenoxy) is 2. The van der Waals surface area contributed by atoms with E-state index in [0.29, 0.717) is 30.9 Å². The number of nitrogens with zero attached hydrogens (tertiary/aromatic N) is 2. The third-order valence-electron chi connectivity index (χ3n) is 4.13. The highest BCUT2D eigenvalue weighted by Crippen LogP contribution is 2.19. The maximum Gasteiger partial charge on any atom is 0.262 e. The van der Waals surface area contributed by atoms with Crippen molar-refractivity contribution in [1.82, 2.24) is 9.55 Å². The molecule has 0 bridgehead atoms. The van der Waals surface area contributed by atoms with Gasteiger partial charge in [-0.3, -0.25) is 9.36 Å². The van der Waals surface area contributed by atoms with E-state index in [1.165, 1.54) is 5.56 Å². The van der Waals surface area contributed by atoms with Crippen molar-refractivity contribution < 1.29 is 9.47 Å². The van der Waals surface area contributed by atoms with Crippen molar-refractivity contribution in [2.24, 2.45) is 0 Å². The predicted molar refractivity (Wildman–Crippen MR) is 110 cm³/mol. The predicted octanol–water partition coefficient (Wildman–Crippen LogP) is 3.91. The zero-order valence-corrected chi connectivity index (χ0v) is 16.5. The van der Waals surface area contributed by atoms with Crippen molar-refractivity contribution in [2.75, 3.05) is 26.1 Å². The van der Waals surface area contributed by atoms with Gasteiger partial charge in [0.05, 0.1) is 17.5 Å². The Labute approximate surface area is 163 Å².